The predicted molar refractivity (Wildman–Crippen MR) is 105 cm³/mol. The Morgan fingerprint density at radius 1 is 1.23 bits per heavy atom. The van der Waals surface area contributed by atoms with Gasteiger partial charge in [-0.3, -0.25) is 4.90 Å². The molecule has 0 radical (unpaired) electrons. The van der Waals surface area contributed by atoms with Crippen LogP contribution in [0.5, 0.6) is 0 Å². The van der Waals surface area contributed by atoms with Gasteiger partial charge in [0.2, 0.25) is 0 Å². The summed E-state index contributed by atoms with van der Waals surface area (Å²) in [7, 11) is 1.92. The fourth-order valence-electron chi connectivity index (χ4n) is 4.60. The molecule has 0 aromatic heterocycles. The first-order valence-electron chi connectivity index (χ1n) is 9.77. The van der Waals surface area contributed by atoms with Crippen molar-refractivity contribution >= 4 is 30.9 Å². The Hall–Kier alpha value is -1.89. The molecule has 0 bridgehead atoms. The fraction of sp³-hybridized carbons (Fsp3) is 0.579. The number of carbonyl (C=O) groups is 1. The highest BCUT2D eigenvalue weighted by atomic mass is 19.1. The summed E-state index contributed by atoms with van der Waals surface area (Å²) in [5.41, 5.74) is 1.05. The molecule has 1 aromatic carbocycles. The summed E-state index contributed by atoms with van der Waals surface area (Å²) in [5.74, 6) is 0.468. The number of carbonyl (C=O) groups excluding carboxylic acids is 1. The van der Waals surface area contributed by atoms with Gasteiger partial charge in [-0.15, -0.1) is 0 Å². The number of amidine groups is 1. The van der Waals surface area contributed by atoms with Gasteiger partial charge in [-0.2, -0.15) is 4.99 Å². The smallest absolute Gasteiger partial charge is 0.350 e. The molecule has 26 heavy (non-hydrogen) atoms. The molecule has 2 heterocycles. The fourth-order valence-corrected chi connectivity index (χ4v) is 4.60. The lowest BCUT2D eigenvalue weighted by molar-refractivity contribution is 0.250. The second-order valence-electron chi connectivity index (χ2n) is 7.77. The minimum atomic E-state index is -0.488. The standard InChI is InChI=1S/C19H26BFN4O/c20-15-7-6-13(21)12-16(15)25-18(26)24-17(19(25)8-10-22-11-9-19)23-14-4-2-1-3-5-14/h6-7,12,14,22H,1-5,8-11,20H2,(H,23,24,26). The zero-order chi connectivity index (χ0) is 18.1. The van der Waals surface area contributed by atoms with E-state index in [1.807, 2.05) is 7.85 Å². The molecule has 1 aromatic rings. The van der Waals surface area contributed by atoms with Gasteiger partial charge in [0.15, 0.2) is 0 Å². The largest absolute Gasteiger partial charge is 0.369 e. The summed E-state index contributed by atoms with van der Waals surface area (Å²) in [6.07, 6.45) is 7.55. The van der Waals surface area contributed by atoms with Crippen LogP contribution in [-0.4, -0.2) is 44.4 Å². The third kappa shape index (κ3) is 3.02. The number of nitrogens with zero attached hydrogens (tertiary/aromatic N) is 2. The highest BCUT2D eigenvalue weighted by Crippen LogP contribution is 2.37. The Morgan fingerprint density at radius 2 is 1.96 bits per heavy atom. The number of benzene rings is 1. The SMILES string of the molecule is Bc1ccc(F)cc1N1C(=O)N=C(NC2CCCCC2)C12CCNCC2. The first-order chi connectivity index (χ1) is 12.6. The van der Waals surface area contributed by atoms with Crippen LogP contribution in [0.4, 0.5) is 14.9 Å². The molecular weight excluding hydrogens is 330 g/mol. The highest BCUT2D eigenvalue weighted by Gasteiger charge is 2.51. The van der Waals surface area contributed by atoms with Crippen LogP contribution in [0.2, 0.25) is 0 Å². The van der Waals surface area contributed by atoms with Crippen molar-refractivity contribution in [2.45, 2.75) is 56.5 Å². The number of amides is 2. The zero-order valence-electron chi connectivity index (χ0n) is 15.4. The van der Waals surface area contributed by atoms with Gasteiger partial charge in [0.05, 0.1) is 0 Å². The van der Waals surface area contributed by atoms with E-state index in [1.165, 1.54) is 31.4 Å². The second kappa shape index (κ2) is 7.03. The number of rotatable bonds is 2. The lowest BCUT2D eigenvalue weighted by atomic mass is 9.83. The lowest BCUT2D eigenvalue weighted by Gasteiger charge is -2.43. The van der Waals surface area contributed by atoms with E-state index in [4.69, 9.17) is 0 Å². The van der Waals surface area contributed by atoms with Gasteiger partial charge in [0, 0.05) is 11.7 Å². The van der Waals surface area contributed by atoms with E-state index in [0.717, 1.165) is 50.1 Å². The van der Waals surface area contributed by atoms with Gasteiger partial charge >= 0.3 is 6.03 Å². The average Bonchev–Trinajstić information content (AvgIpc) is 2.90. The molecule has 2 amide bonds. The average molecular weight is 356 g/mol. The third-order valence-corrected chi connectivity index (χ3v) is 6.06. The van der Waals surface area contributed by atoms with Crippen LogP contribution in [0.1, 0.15) is 44.9 Å². The molecule has 0 atom stereocenters. The first-order valence-corrected chi connectivity index (χ1v) is 9.77. The van der Waals surface area contributed by atoms with E-state index in [-0.39, 0.29) is 11.8 Å². The van der Waals surface area contributed by atoms with Gasteiger partial charge in [0.25, 0.3) is 0 Å². The number of hydrogen-bond acceptors (Lipinski definition) is 3. The molecule has 1 spiro atoms. The predicted octanol–water partition coefficient (Wildman–Crippen LogP) is 1.47. The Labute approximate surface area is 154 Å². The van der Waals surface area contributed by atoms with Crippen molar-refractivity contribution < 1.29 is 9.18 Å². The van der Waals surface area contributed by atoms with Crippen LogP contribution in [0.15, 0.2) is 23.2 Å². The molecule has 1 saturated carbocycles. The first kappa shape index (κ1) is 17.5. The molecule has 0 unspecified atom stereocenters. The summed E-state index contributed by atoms with van der Waals surface area (Å²) in [6.45, 7) is 1.65. The van der Waals surface area contributed by atoms with Crippen molar-refractivity contribution in [1.82, 2.24) is 10.6 Å². The molecule has 1 aliphatic carbocycles. The van der Waals surface area contributed by atoms with E-state index in [0.29, 0.717) is 11.7 Å². The molecule has 7 heteroatoms. The Morgan fingerprint density at radius 3 is 2.69 bits per heavy atom. The van der Waals surface area contributed by atoms with Crippen molar-refractivity contribution in [2.75, 3.05) is 18.0 Å². The van der Waals surface area contributed by atoms with Crippen molar-refractivity contribution in [1.29, 1.82) is 0 Å². The Bertz CT molecular complexity index is 726. The van der Waals surface area contributed by atoms with Crippen LogP contribution in [0.25, 0.3) is 0 Å². The molecule has 4 rings (SSSR count). The normalized spacial score (nSPS) is 23.3. The molecule has 138 valence electrons. The maximum Gasteiger partial charge on any atom is 0.350 e. The molecule has 3 aliphatic rings. The third-order valence-electron chi connectivity index (χ3n) is 6.06. The molecule has 2 N–H and O–H groups in total. The molecule has 5 nitrogen and oxygen atoms in total. The van der Waals surface area contributed by atoms with Gasteiger partial charge in [-0.05, 0) is 50.9 Å². The maximum absolute atomic E-state index is 13.9. The van der Waals surface area contributed by atoms with E-state index in [2.05, 4.69) is 15.6 Å². The van der Waals surface area contributed by atoms with Crippen molar-refractivity contribution in [3.8, 4) is 0 Å². The van der Waals surface area contributed by atoms with Crippen LogP contribution in [-0.2, 0) is 0 Å². The topological polar surface area (TPSA) is 56.7 Å². The van der Waals surface area contributed by atoms with Gasteiger partial charge in [0.1, 0.15) is 25.0 Å². The molecule has 1 saturated heterocycles. The van der Waals surface area contributed by atoms with Crippen molar-refractivity contribution in [3.63, 3.8) is 0 Å². The van der Waals surface area contributed by atoms with E-state index < -0.39 is 5.54 Å². The quantitative estimate of drug-likeness (QED) is 0.789. The number of hydrogen-bond donors (Lipinski definition) is 2. The second-order valence-corrected chi connectivity index (χ2v) is 7.77. The summed E-state index contributed by atoms with van der Waals surface area (Å²) in [6, 6.07) is 4.75. The van der Waals surface area contributed by atoms with E-state index in [9.17, 15) is 9.18 Å². The van der Waals surface area contributed by atoms with Crippen LogP contribution in [0.3, 0.4) is 0 Å². The Balaban J connectivity index is 1.70. The Kier molecular flexibility index (Phi) is 4.74. The number of anilines is 1. The van der Waals surface area contributed by atoms with Crippen LogP contribution < -0.4 is 21.0 Å². The zero-order valence-corrected chi connectivity index (χ0v) is 15.4. The molecular formula is C19H26BFN4O. The van der Waals surface area contributed by atoms with Gasteiger partial charge in [-0.25, -0.2) is 9.18 Å². The summed E-state index contributed by atoms with van der Waals surface area (Å²) < 4.78 is 13.9. The number of piperidine rings is 1. The van der Waals surface area contributed by atoms with Gasteiger partial charge in [-0.1, -0.05) is 30.8 Å². The summed E-state index contributed by atoms with van der Waals surface area (Å²) in [4.78, 5) is 19.1. The minimum absolute atomic E-state index is 0.279. The minimum Gasteiger partial charge on any atom is -0.369 e. The van der Waals surface area contributed by atoms with Crippen molar-refractivity contribution in [3.05, 3.63) is 24.0 Å². The van der Waals surface area contributed by atoms with Crippen molar-refractivity contribution in [2.24, 2.45) is 4.99 Å². The van der Waals surface area contributed by atoms with Gasteiger partial charge < -0.3 is 10.6 Å². The number of aliphatic imine (C=N–C) groups is 1. The lowest BCUT2D eigenvalue weighted by Crippen LogP contribution is -2.62. The highest BCUT2D eigenvalue weighted by molar-refractivity contribution is 6.37. The number of halogens is 1. The molecule has 2 fully saturated rings. The van der Waals surface area contributed by atoms with E-state index >= 15 is 0 Å². The van der Waals surface area contributed by atoms with Crippen LogP contribution in [0, 0.1) is 5.82 Å². The summed E-state index contributed by atoms with van der Waals surface area (Å²) >= 11 is 0. The monoisotopic (exact) mass is 356 g/mol. The molecule has 2 aliphatic heterocycles. The maximum atomic E-state index is 13.9. The number of urea groups is 1. The van der Waals surface area contributed by atoms with Crippen LogP contribution >= 0.6 is 0 Å². The van der Waals surface area contributed by atoms with E-state index in [1.54, 1.807) is 11.0 Å². The summed E-state index contributed by atoms with van der Waals surface area (Å²) in [5, 5.41) is 6.99. The number of nitrogens with one attached hydrogen (secondary N) is 2.